The third-order valence-electron chi connectivity index (χ3n) is 11.0. The summed E-state index contributed by atoms with van der Waals surface area (Å²) in [5.41, 5.74) is 1.73. The van der Waals surface area contributed by atoms with Gasteiger partial charge in [-0.1, -0.05) is 36.4 Å². The van der Waals surface area contributed by atoms with Crippen molar-refractivity contribution < 1.29 is 37.6 Å². The van der Waals surface area contributed by atoms with Crippen LogP contribution in [0.3, 0.4) is 0 Å². The van der Waals surface area contributed by atoms with Crippen molar-refractivity contribution >= 4 is 25.2 Å². The summed E-state index contributed by atoms with van der Waals surface area (Å²) < 4.78 is 53.1. The third kappa shape index (κ3) is 7.30. The van der Waals surface area contributed by atoms with Crippen molar-refractivity contribution in [3.05, 3.63) is 60.7 Å². The van der Waals surface area contributed by atoms with Gasteiger partial charge in [0.1, 0.15) is 23.0 Å². The van der Waals surface area contributed by atoms with E-state index in [1.54, 1.807) is 0 Å². The van der Waals surface area contributed by atoms with Crippen LogP contribution >= 0.6 is 0 Å². The first-order valence-corrected chi connectivity index (χ1v) is 19.0. The van der Waals surface area contributed by atoms with Crippen molar-refractivity contribution in [1.29, 1.82) is 0 Å². The number of ether oxygens (including phenoxy) is 4. The number of fused-ring (bicyclic) bond motifs is 20. The van der Waals surface area contributed by atoms with Crippen LogP contribution < -0.4 is 29.9 Å². The zero-order valence-electron chi connectivity index (χ0n) is 28.7. The maximum atomic E-state index is 6.84. The smallest absolute Gasteiger partial charge is 0.494 e. The first-order valence-electron chi connectivity index (χ1n) is 19.0. The average Bonchev–Trinajstić information content (AvgIpc) is 3.88. The van der Waals surface area contributed by atoms with E-state index < -0.39 is 14.2 Å². The lowest BCUT2D eigenvalue weighted by molar-refractivity contribution is -0.00476. The van der Waals surface area contributed by atoms with Crippen LogP contribution in [0.2, 0.25) is 0 Å². The Morgan fingerprint density at radius 2 is 0.714 bits per heavy atom. The number of allylic oxidation sites excluding steroid dienone is 4. The van der Waals surface area contributed by atoms with Gasteiger partial charge in [-0.05, 0) is 108 Å². The van der Waals surface area contributed by atoms with E-state index in [0.29, 0.717) is 26.4 Å². The Kier molecular flexibility index (Phi) is 10.8. The molecular weight excluding hydrogens is 618 g/mol. The SMILES string of the molecule is C1=C\CCCCOc2cccc3c2B2O[C@@H]4C5CC([C@H]6OB(O[C@@H]56)c5c(cccc5OCCCC/C=C\CCCCO3)OCCCC/1)[C@@H]4O2. The van der Waals surface area contributed by atoms with Crippen LogP contribution in [0.25, 0.3) is 0 Å². The first kappa shape index (κ1) is 33.2. The predicted molar refractivity (Wildman–Crippen MR) is 190 cm³/mol. The minimum atomic E-state index is -0.565. The Hall–Kier alpha value is -2.91. The van der Waals surface area contributed by atoms with Crippen LogP contribution in [0.1, 0.15) is 83.5 Å². The second-order valence-corrected chi connectivity index (χ2v) is 14.3. The summed E-state index contributed by atoms with van der Waals surface area (Å²) >= 11 is 0. The molecule has 49 heavy (non-hydrogen) atoms. The van der Waals surface area contributed by atoms with Gasteiger partial charge in [0.2, 0.25) is 0 Å². The number of rotatable bonds is 0. The van der Waals surface area contributed by atoms with E-state index in [-0.39, 0.29) is 36.3 Å². The van der Waals surface area contributed by atoms with E-state index in [0.717, 1.165) is 117 Å². The summed E-state index contributed by atoms with van der Waals surface area (Å²) in [6.07, 6.45) is 22.2. The highest BCUT2D eigenvalue weighted by atomic mass is 16.7. The minimum Gasteiger partial charge on any atom is -0.494 e. The first-order chi connectivity index (χ1) is 24.3. The lowest BCUT2D eigenvalue weighted by Gasteiger charge is -2.31. The van der Waals surface area contributed by atoms with Crippen LogP contribution in [0, 0.1) is 11.8 Å². The molecular formula is C39H50B2O8. The summed E-state index contributed by atoms with van der Waals surface area (Å²) in [6, 6.07) is 12.2. The summed E-state index contributed by atoms with van der Waals surface area (Å²) in [4.78, 5) is 0. The highest BCUT2D eigenvalue weighted by molar-refractivity contribution is 6.64. The van der Waals surface area contributed by atoms with E-state index in [1.165, 1.54) is 0 Å². The average molecular weight is 668 g/mol. The summed E-state index contributed by atoms with van der Waals surface area (Å²) in [5.74, 6) is 3.49. The molecule has 260 valence electrons. The molecule has 0 N–H and O–H groups in total. The molecule has 2 unspecified atom stereocenters. The molecule has 6 aliphatic heterocycles. The Labute approximate surface area is 292 Å². The van der Waals surface area contributed by atoms with Gasteiger partial charge >= 0.3 is 14.2 Å². The fraction of sp³-hybridized carbons (Fsp3) is 0.590. The van der Waals surface area contributed by atoms with Crippen molar-refractivity contribution in [3.63, 3.8) is 0 Å². The highest BCUT2D eigenvalue weighted by Gasteiger charge is 2.68. The predicted octanol–water partition coefficient (Wildman–Crippen LogP) is 6.33. The van der Waals surface area contributed by atoms with Gasteiger partial charge in [-0.15, -0.1) is 0 Å². The Balaban J connectivity index is 1.11. The number of hydrogen-bond acceptors (Lipinski definition) is 8. The zero-order valence-corrected chi connectivity index (χ0v) is 28.7. The van der Waals surface area contributed by atoms with Crippen LogP contribution in [-0.2, 0) is 18.6 Å². The topological polar surface area (TPSA) is 73.8 Å². The molecule has 10 rings (SSSR count). The molecule has 2 aliphatic carbocycles. The molecule has 10 bridgehead atoms. The van der Waals surface area contributed by atoms with Gasteiger partial charge in [0.25, 0.3) is 0 Å². The summed E-state index contributed by atoms with van der Waals surface area (Å²) in [6.45, 7) is 2.55. The van der Waals surface area contributed by atoms with Gasteiger partial charge in [-0.3, -0.25) is 0 Å². The molecule has 2 aromatic carbocycles. The lowest BCUT2D eigenvalue weighted by atomic mass is 9.77. The monoisotopic (exact) mass is 668 g/mol. The van der Waals surface area contributed by atoms with Gasteiger partial charge in [0, 0.05) is 11.8 Å². The molecule has 6 heterocycles. The Morgan fingerprint density at radius 3 is 1.02 bits per heavy atom. The van der Waals surface area contributed by atoms with E-state index in [2.05, 4.69) is 24.3 Å². The maximum Gasteiger partial charge on any atom is 0.502 e. The number of benzene rings is 2. The summed E-state index contributed by atoms with van der Waals surface area (Å²) in [7, 11) is -1.13. The Morgan fingerprint density at radius 1 is 0.408 bits per heavy atom. The standard InChI is InChI=1S/C39H50B2O8/c1-2-6-10-14-24-43-31-20-18-22-33-35(31)41-48-38-28-27-29(39(38)49-41)37-36(28)46-40(47-37)34-30(42-23-13-9-5-1)19-17-21-32(34)44-25-15-11-7-3-4-8-12-16-26-45-33/h1-4,17-22,28-29,36-39H,5-16,23-27H2/b2-1-,4-3-/t28?,29?,36-,37+,38+,39-. The Bertz CT molecular complexity index is 1270. The molecule has 0 radical (unpaired) electrons. The molecule has 2 aromatic rings. The minimum absolute atomic E-state index is 0.0801. The van der Waals surface area contributed by atoms with Crippen molar-refractivity contribution in [1.82, 2.24) is 0 Å². The van der Waals surface area contributed by atoms with Gasteiger partial charge in [-0.25, -0.2) is 0 Å². The van der Waals surface area contributed by atoms with E-state index >= 15 is 0 Å². The van der Waals surface area contributed by atoms with Crippen LogP contribution in [0.5, 0.6) is 23.0 Å². The number of hydrogen-bond donors (Lipinski definition) is 0. The van der Waals surface area contributed by atoms with Gasteiger partial charge < -0.3 is 37.6 Å². The van der Waals surface area contributed by atoms with E-state index in [4.69, 9.17) is 37.6 Å². The third-order valence-corrected chi connectivity index (χ3v) is 11.0. The molecule has 0 spiro atoms. The molecule has 10 heteroatoms. The normalized spacial score (nSPS) is 32.1. The molecule has 2 saturated heterocycles. The van der Waals surface area contributed by atoms with Gasteiger partial charge in [-0.2, -0.15) is 0 Å². The highest BCUT2D eigenvalue weighted by Crippen LogP contribution is 2.55. The largest absolute Gasteiger partial charge is 0.502 e. The maximum absolute atomic E-state index is 6.84. The van der Waals surface area contributed by atoms with Crippen LogP contribution in [0.4, 0.5) is 0 Å². The fourth-order valence-electron chi connectivity index (χ4n) is 8.49. The van der Waals surface area contributed by atoms with E-state index in [1.807, 2.05) is 36.4 Å². The molecule has 8 aliphatic rings. The van der Waals surface area contributed by atoms with Crippen molar-refractivity contribution in [2.75, 3.05) is 26.4 Å². The van der Waals surface area contributed by atoms with Gasteiger partial charge in [0.05, 0.1) is 61.8 Å². The molecule has 6 atom stereocenters. The second kappa shape index (κ2) is 16.0. The van der Waals surface area contributed by atoms with Crippen molar-refractivity contribution in [3.8, 4) is 23.0 Å². The van der Waals surface area contributed by atoms with Crippen molar-refractivity contribution in [2.24, 2.45) is 11.8 Å². The molecule has 4 fully saturated rings. The van der Waals surface area contributed by atoms with Crippen LogP contribution in [0.15, 0.2) is 60.7 Å². The summed E-state index contributed by atoms with van der Waals surface area (Å²) in [5, 5.41) is 0. The second-order valence-electron chi connectivity index (χ2n) is 14.3. The quantitative estimate of drug-likeness (QED) is 0.238. The van der Waals surface area contributed by atoms with Gasteiger partial charge in [0.15, 0.2) is 0 Å². The van der Waals surface area contributed by atoms with E-state index in [9.17, 15) is 0 Å². The lowest BCUT2D eigenvalue weighted by Crippen LogP contribution is -2.44. The van der Waals surface area contributed by atoms with Crippen LogP contribution in [-0.4, -0.2) is 65.1 Å². The molecule has 0 aromatic heterocycles. The molecule has 2 saturated carbocycles. The van der Waals surface area contributed by atoms with Crippen molar-refractivity contribution in [2.45, 2.75) is 108 Å². The molecule has 0 amide bonds. The fourth-order valence-corrected chi connectivity index (χ4v) is 8.49. The molecule has 8 nitrogen and oxygen atoms in total. The zero-order chi connectivity index (χ0) is 32.8.